The van der Waals surface area contributed by atoms with Crippen LogP contribution in [-0.2, 0) is 11.3 Å². The Morgan fingerprint density at radius 3 is 2.36 bits per heavy atom. The lowest BCUT2D eigenvalue weighted by molar-refractivity contribution is -0.126. The molecule has 0 saturated heterocycles. The van der Waals surface area contributed by atoms with Gasteiger partial charge in [-0.25, -0.2) is 0 Å². The predicted molar refractivity (Wildman–Crippen MR) is 98.0 cm³/mol. The van der Waals surface area contributed by atoms with Crippen LogP contribution in [0.25, 0.3) is 0 Å². The molecule has 2 amide bonds. The number of amides is 2. The van der Waals surface area contributed by atoms with Crippen LogP contribution in [0.2, 0.25) is 0 Å². The molecule has 0 bridgehead atoms. The van der Waals surface area contributed by atoms with Crippen molar-refractivity contribution in [1.29, 1.82) is 0 Å². The van der Waals surface area contributed by atoms with Gasteiger partial charge in [0, 0.05) is 18.7 Å². The van der Waals surface area contributed by atoms with Gasteiger partial charge >= 0.3 is 0 Å². The fourth-order valence-electron chi connectivity index (χ4n) is 3.21. The van der Waals surface area contributed by atoms with E-state index in [0.717, 1.165) is 11.1 Å². The van der Waals surface area contributed by atoms with Crippen LogP contribution in [0, 0.1) is 5.41 Å². The van der Waals surface area contributed by atoms with Gasteiger partial charge in [0.15, 0.2) is 0 Å². The molecule has 0 aromatic heterocycles. The summed E-state index contributed by atoms with van der Waals surface area (Å²) in [5.74, 6) is -0.197. The zero-order chi connectivity index (χ0) is 18.0. The van der Waals surface area contributed by atoms with E-state index in [0.29, 0.717) is 18.7 Å². The third kappa shape index (κ3) is 3.73. The summed E-state index contributed by atoms with van der Waals surface area (Å²) in [6, 6.07) is 16.6. The van der Waals surface area contributed by atoms with Crippen molar-refractivity contribution in [3.8, 4) is 0 Å². The molecule has 0 aliphatic carbocycles. The molecule has 1 unspecified atom stereocenters. The third-order valence-electron chi connectivity index (χ3n) is 4.26. The highest BCUT2D eigenvalue weighted by Gasteiger charge is 2.42. The maximum atomic E-state index is 12.9. The molecule has 130 valence electrons. The molecule has 1 heterocycles. The highest BCUT2D eigenvalue weighted by Crippen LogP contribution is 2.36. The van der Waals surface area contributed by atoms with Gasteiger partial charge in [-0.15, -0.1) is 0 Å². The highest BCUT2D eigenvalue weighted by molar-refractivity contribution is 6.04. The van der Waals surface area contributed by atoms with Crippen LogP contribution >= 0.6 is 0 Å². The lowest BCUT2D eigenvalue weighted by Gasteiger charge is -2.31. The van der Waals surface area contributed by atoms with Crippen LogP contribution in [0.1, 0.15) is 48.3 Å². The summed E-state index contributed by atoms with van der Waals surface area (Å²) in [6.45, 7) is 7.20. The normalized spacial score (nSPS) is 16.7. The van der Waals surface area contributed by atoms with Crippen molar-refractivity contribution >= 4 is 11.8 Å². The van der Waals surface area contributed by atoms with E-state index < -0.39 is 6.04 Å². The number of carbonyl (C=O) groups excluding carboxylic acids is 2. The molecule has 4 heteroatoms. The van der Waals surface area contributed by atoms with E-state index >= 15 is 0 Å². The lowest BCUT2D eigenvalue weighted by Crippen LogP contribution is -2.42. The van der Waals surface area contributed by atoms with Crippen LogP contribution in [0.3, 0.4) is 0 Å². The van der Waals surface area contributed by atoms with Crippen LogP contribution in [-0.4, -0.2) is 23.3 Å². The Morgan fingerprint density at radius 1 is 1.04 bits per heavy atom. The fraction of sp³-hybridized carbons (Fsp3) is 0.333. The molecule has 1 N–H and O–H groups in total. The highest BCUT2D eigenvalue weighted by atomic mass is 16.2. The Morgan fingerprint density at radius 2 is 1.68 bits per heavy atom. The van der Waals surface area contributed by atoms with Crippen molar-refractivity contribution in [2.45, 2.75) is 33.4 Å². The number of hydrogen-bond donors (Lipinski definition) is 1. The zero-order valence-corrected chi connectivity index (χ0v) is 15.0. The van der Waals surface area contributed by atoms with Gasteiger partial charge in [0.25, 0.3) is 5.91 Å². The standard InChI is InChI=1S/C21H24N2O2/c1-21(2,3)14-23-18(16-11-7-8-12-17(16)20(23)25)19(24)22-13-15-9-5-4-6-10-15/h4-12,18H,13-14H2,1-3H3,(H,22,24). The van der Waals surface area contributed by atoms with Crippen molar-refractivity contribution < 1.29 is 9.59 Å². The number of nitrogens with zero attached hydrogens (tertiary/aromatic N) is 1. The molecular formula is C21H24N2O2. The van der Waals surface area contributed by atoms with Gasteiger partial charge in [-0.2, -0.15) is 0 Å². The summed E-state index contributed by atoms with van der Waals surface area (Å²) in [5.41, 5.74) is 2.38. The molecule has 25 heavy (non-hydrogen) atoms. The number of carbonyl (C=O) groups is 2. The van der Waals surface area contributed by atoms with Gasteiger partial charge in [0.1, 0.15) is 6.04 Å². The second kappa shape index (κ2) is 6.71. The van der Waals surface area contributed by atoms with Gasteiger partial charge < -0.3 is 10.2 Å². The number of rotatable bonds is 4. The molecule has 0 radical (unpaired) electrons. The predicted octanol–water partition coefficient (Wildman–Crippen LogP) is 3.55. The molecule has 0 saturated carbocycles. The van der Waals surface area contributed by atoms with E-state index in [1.807, 2.05) is 48.5 Å². The molecule has 1 atom stereocenters. The summed E-state index contributed by atoms with van der Waals surface area (Å²) >= 11 is 0. The largest absolute Gasteiger partial charge is 0.350 e. The van der Waals surface area contributed by atoms with Gasteiger partial charge in [0.2, 0.25) is 5.91 Å². The first-order valence-corrected chi connectivity index (χ1v) is 8.58. The maximum absolute atomic E-state index is 12.9. The molecule has 2 aromatic carbocycles. The van der Waals surface area contributed by atoms with Crippen molar-refractivity contribution in [2.75, 3.05) is 6.54 Å². The summed E-state index contributed by atoms with van der Waals surface area (Å²) in [5, 5.41) is 2.99. The summed E-state index contributed by atoms with van der Waals surface area (Å²) in [4.78, 5) is 27.4. The topological polar surface area (TPSA) is 49.4 Å². The Labute approximate surface area is 148 Å². The summed E-state index contributed by atoms with van der Waals surface area (Å²) in [6.07, 6.45) is 0. The molecule has 1 aliphatic heterocycles. The molecule has 0 fully saturated rings. The Hall–Kier alpha value is -2.62. The minimum atomic E-state index is -0.563. The average molecular weight is 336 g/mol. The minimum Gasteiger partial charge on any atom is -0.350 e. The van der Waals surface area contributed by atoms with E-state index in [4.69, 9.17) is 0 Å². The Kier molecular flexibility index (Phi) is 4.62. The van der Waals surface area contributed by atoms with E-state index in [1.54, 1.807) is 11.0 Å². The second-order valence-corrected chi connectivity index (χ2v) is 7.69. The minimum absolute atomic E-state index is 0.0645. The van der Waals surface area contributed by atoms with Gasteiger partial charge in [-0.3, -0.25) is 9.59 Å². The quantitative estimate of drug-likeness (QED) is 0.928. The number of hydrogen-bond acceptors (Lipinski definition) is 2. The van der Waals surface area contributed by atoms with Gasteiger partial charge in [-0.05, 0) is 22.6 Å². The van der Waals surface area contributed by atoms with Crippen LogP contribution in [0.4, 0.5) is 0 Å². The first kappa shape index (κ1) is 17.2. The fourth-order valence-corrected chi connectivity index (χ4v) is 3.21. The van der Waals surface area contributed by atoms with E-state index in [-0.39, 0.29) is 17.2 Å². The summed E-state index contributed by atoms with van der Waals surface area (Å²) < 4.78 is 0. The monoisotopic (exact) mass is 336 g/mol. The van der Waals surface area contributed by atoms with Crippen LogP contribution < -0.4 is 5.32 Å². The van der Waals surface area contributed by atoms with Crippen molar-refractivity contribution in [1.82, 2.24) is 10.2 Å². The van der Waals surface area contributed by atoms with E-state index in [9.17, 15) is 9.59 Å². The van der Waals surface area contributed by atoms with Gasteiger partial charge in [-0.1, -0.05) is 69.3 Å². The van der Waals surface area contributed by atoms with Crippen LogP contribution in [0.15, 0.2) is 54.6 Å². The Balaban J connectivity index is 1.84. The van der Waals surface area contributed by atoms with Gasteiger partial charge in [0.05, 0.1) is 0 Å². The zero-order valence-electron chi connectivity index (χ0n) is 15.0. The number of nitrogens with one attached hydrogen (secondary N) is 1. The molecular weight excluding hydrogens is 312 g/mol. The lowest BCUT2D eigenvalue weighted by atomic mass is 9.95. The smallest absolute Gasteiger partial charge is 0.255 e. The molecule has 2 aromatic rings. The third-order valence-corrected chi connectivity index (χ3v) is 4.26. The second-order valence-electron chi connectivity index (χ2n) is 7.69. The number of fused-ring (bicyclic) bond motifs is 1. The SMILES string of the molecule is CC(C)(C)CN1C(=O)c2ccccc2C1C(=O)NCc1ccccc1. The maximum Gasteiger partial charge on any atom is 0.255 e. The van der Waals surface area contributed by atoms with Crippen molar-refractivity contribution in [3.05, 3.63) is 71.3 Å². The Bertz CT molecular complexity index is 778. The summed E-state index contributed by atoms with van der Waals surface area (Å²) in [7, 11) is 0. The molecule has 4 nitrogen and oxygen atoms in total. The van der Waals surface area contributed by atoms with E-state index in [1.165, 1.54) is 0 Å². The first-order chi connectivity index (χ1) is 11.9. The van der Waals surface area contributed by atoms with Crippen molar-refractivity contribution in [3.63, 3.8) is 0 Å². The van der Waals surface area contributed by atoms with Crippen LogP contribution in [0.5, 0.6) is 0 Å². The number of benzene rings is 2. The van der Waals surface area contributed by atoms with Crippen molar-refractivity contribution in [2.24, 2.45) is 5.41 Å². The average Bonchev–Trinajstić information content (AvgIpc) is 2.85. The molecule has 3 rings (SSSR count). The van der Waals surface area contributed by atoms with E-state index in [2.05, 4.69) is 26.1 Å². The first-order valence-electron chi connectivity index (χ1n) is 8.58. The molecule has 1 aliphatic rings. The molecule has 0 spiro atoms.